The molecule has 0 radical (unpaired) electrons. The van der Waals surface area contributed by atoms with Gasteiger partial charge in [0.05, 0.1) is 12.5 Å². The SMILES string of the molecule is CC(C)(C)OC(=O)NC(CC(=O)O)c1csc(O)c1. The van der Waals surface area contributed by atoms with Crippen molar-refractivity contribution in [3.8, 4) is 5.06 Å². The summed E-state index contributed by atoms with van der Waals surface area (Å²) in [5.74, 6) is -1.05. The van der Waals surface area contributed by atoms with Gasteiger partial charge in [0.25, 0.3) is 0 Å². The number of aromatic hydroxyl groups is 1. The first-order valence-electron chi connectivity index (χ1n) is 5.66. The largest absolute Gasteiger partial charge is 0.499 e. The second-order valence-electron chi connectivity index (χ2n) is 5.01. The Bertz CT molecular complexity index is 463. The molecule has 1 aromatic heterocycles. The number of ether oxygens (including phenoxy) is 1. The third kappa shape index (κ3) is 5.60. The van der Waals surface area contributed by atoms with Gasteiger partial charge in [0.15, 0.2) is 5.06 Å². The van der Waals surface area contributed by atoms with Gasteiger partial charge < -0.3 is 20.3 Å². The van der Waals surface area contributed by atoms with Crippen molar-refractivity contribution in [2.24, 2.45) is 0 Å². The van der Waals surface area contributed by atoms with Crippen LogP contribution in [0.1, 0.15) is 38.8 Å². The van der Waals surface area contributed by atoms with Crippen molar-refractivity contribution in [3.05, 3.63) is 17.0 Å². The van der Waals surface area contributed by atoms with Crippen LogP contribution in [0.15, 0.2) is 11.4 Å². The van der Waals surface area contributed by atoms with Gasteiger partial charge in [-0.15, -0.1) is 11.3 Å². The molecule has 3 N–H and O–H groups in total. The van der Waals surface area contributed by atoms with Crippen molar-refractivity contribution in [1.29, 1.82) is 0 Å². The average molecular weight is 287 g/mol. The number of rotatable bonds is 4. The Labute approximate surface area is 115 Å². The molecule has 7 heteroatoms. The summed E-state index contributed by atoms with van der Waals surface area (Å²) < 4.78 is 5.08. The predicted octanol–water partition coefficient (Wildman–Crippen LogP) is 2.49. The highest BCUT2D eigenvalue weighted by Crippen LogP contribution is 2.27. The first-order valence-corrected chi connectivity index (χ1v) is 6.54. The fourth-order valence-corrected chi connectivity index (χ4v) is 2.09. The van der Waals surface area contributed by atoms with Gasteiger partial charge in [0.2, 0.25) is 0 Å². The van der Waals surface area contributed by atoms with Gasteiger partial charge >= 0.3 is 12.1 Å². The smallest absolute Gasteiger partial charge is 0.408 e. The number of carbonyl (C=O) groups is 2. The lowest BCUT2D eigenvalue weighted by Crippen LogP contribution is -2.35. The van der Waals surface area contributed by atoms with E-state index >= 15 is 0 Å². The molecule has 1 unspecified atom stereocenters. The first-order chi connectivity index (χ1) is 8.67. The standard InChI is InChI=1S/C12H17NO5S/c1-12(2,3)18-11(17)13-8(5-9(14)15)7-4-10(16)19-6-7/h4,6,8,16H,5H2,1-3H3,(H,13,17)(H,14,15). The van der Waals surface area contributed by atoms with Crippen molar-refractivity contribution >= 4 is 23.4 Å². The molecule has 1 rings (SSSR count). The summed E-state index contributed by atoms with van der Waals surface area (Å²) in [7, 11) is 0. The van der Waals surface area contributed by atoms with Crippen LogP contribution < -0.4 is 5.32 Å². The Morgan fingerprint density at radius 2 is 2.11 bits per heavy atom. The van der Waals surface area contributed by atoms with Gasteiger partial charge in [-0.2, -0.15) is 0 Å². The Morgan fingerprint density at radius 3 is 2.53 bits per heavy atom. The van der Waals surface area contributed by atoms with Gasteiger partial charge in [0.1, 0.15) is 5.60 Å². The summed E-state index contributed by atoms with van der Waals surface area (Å²) >= 11 is 1.07. The molecule has 0 spiro atoms. The number of hydrogen-bond donors (Lipinski definition) is 3. The van der Waals surface area contributed by atoms with E-state index in [2.05, 4.69) is 5.32 Å². The summed E-state index contributed by atoms with van der Waals surface area (Å²) in [5, 5.41) is 22.3. The lowest BCUT2D eigenvalue weighted by molar-refractivity contribution is -0.137. The van der Waals surface area contributed by atoms with E-state index in [1.54, 1.807) is 26.2 Å². The van der Waals surface area contributed by atoms with Crippen LogP contribution >= 0.6 is 11.3 Å². The second-order valence-corrected chi connectivity index (χ2v) is 5.90. The van der Waals surface area contributed by atoms with Crippen molar-refractivity contribution in [3.63, 3.8) is 0 Å². The lowest BCUT2D eigenvalue weighted by Gasteiger charge is -2.22. The Hall–Kier alpha value is -1.76. The number of amides is 1. The maximum atomic E-state index is 11.6. The maximum absolute atomic E-state index is 11.6. The van der Waals surface area contributed by atoms with Crippen LogP contribution in [0.4, 0.5) is 4.79 Å². The number of carboxylic acids is 1. The normalized spacial score (nSPS) is 12.8. The lowest BCUT2D eigenvalue weighted by atomic mass is 10.1. The van der Waals surface area contributed by atoms with E-state index in [4.69, 9.17) is 9.84 Å². The zero-order chi connectivity index (χ0) is 14.6. The maximum Gasteiger partial charge on any atom is 0.408 e. The highest BCUT2D eigenvalue weighted by molar-refractivity contribution is 7.11. The summed E-state index contributed by atoms with van der Waals surface area (Å²) in [6.07, 6.45) is -0.973. The van der Waals surface area contributed by atoms with Gasteiger partial charge in [0, 0.05) is 0 Å². The van der Waals surface area contributed by atoms with Crippen LogP contribution in [-0.2, 0) is 9.53 Å². The number of hydrogen-bond acceptors (Lipinski definition) is 5. The molecule has 0 saturated carbocycles. The minimum atomic E-state index is -1.05. The van der Waals surface area contributed by atoms with E-state index in [1.165, 1.54) is 6.07 Å². The monoisotopic (exact) mass is 287 g/mol. The van der Waals surface area contributed by atoms with Crippen LogP contribution in [0.25, 0.3) is 0 Å². The fourth-order valence-electron chi connectivity index (χ4n) is 1.40. The molecule has 0 aromatic carbocycles. The molecule has 1 aromatic rings. The van der Waals surface area contributed by atoms with Crippen molar-refractivity contribution in [2.45, 2.75) is 38.8 Å². The number of carbonyl (C=O) groups excluding carboxylic acids is 1. The number of nitrogens with one attached hydrogen (secondary N) is 1. The number of alkyl carbamates (subject to hydrolysis) is 1. The number of aliphatic carboxylic acids is 1. The van der Waals surface area contributed by atoms with Gasteiger partial charge in [-0.05, 0) is 37.8 Å². The molecule has 0 saturated heterocycles. The summed E-state index contributed by atoms with van der Waals surface area (Å²) in [6, 6.07) is 0.694. The number of carboxylic acid groups (broad SMARTS) is 1. The summed E-state index contributed by atoms with van der Waals surface area (Å²) in [6.45, 7) is 5.15. The summed E-state index contributed by atoms with van der Waals surface area (Å²) in [5.41, 5.74) is -0.120. The molecule has 19 heavy (non-hydrogen) atoms. The molecule has 6 nitrogen and oxygen atoms in total. The third-order valence-corrected chi connectivity index (χ3v) is 2.83. The molecule has 1 amide bonds. The minimum absolute atomic E-state index is 0.0661. The van der Waals surface area contributed by atoms with Gasteiger partial charge in [-0.25, -0.2) is 4.79 Å². The predicted molar refractivity (Wildman–Crippen MR) is 70.3 cm³/mol. The third-order valence-electron chi connectivity index (χ3n) is 2.08. The molecule has 0 fully saturated rings. The zero-order valence-electron chi connectivity index (χ0n) is 11.0. The Morgan fingerprint density at radius 1 is 1.47 bits per heavy atom. The number of thiophene rings is 1. The molecule has 0 aliphatic rings. The van der Waals surface area contributed by atoms with E-state index in [0.29, 0.717) is 5.56 Å². The van der Waals surface area contributed by atoms with E-state index in [1.807, 2.05) is 0 Å². The van der Waals surface area contributed by atoms with Crippen molar-refractivity contribution < 1.29 is 24.5 Å². The molecule has 106 valence electrons. The van der Waals surface area contributed by atoms with E-state index < -0.39 is 23.7 Å². The van der Waals surface area contributed by atoms with Crippen LogP contribution in [0.5, 0.6) is 5.06 Å². The molecular weight excluding hydrogens is 270 g/mol. The van der Waals surface area contributed by atoms with Crippen LogP contribution in [0, 0.1) is 0 Å². The Balaban J connectivity index is 2.76. The molecule has 0 aliphatic carbocycles. The van der Waals surface area contributed by atoms with Crippen LogP contribution in [-0.4, -0.2) is 27.9 Å². The second kappa shape index (κ2) is 5.92. The Kier molecular flexibility index (Phi) is 4.77. The highest BCUT2D eigenvalue weighted by Gasteiger charge is 2.23. The highest BCUT2D eigenvalue weighted by atomic mass is 32.1. The van der Waals surface area contributed by atoms with Crippen molar-refractivity contribution in [1.82, 2.24) is 5.32 Å². The van der Waals surface area contributed by atoms with Crippen LogP contribution in [0.3, 0.4) is 0 Å². The van der Waals surface area contributed by atoms with E-state index in [0.717, 1.165) is 11.3 Å². The average Bonchev–Trinajstić information content (AvgIpc) is 2.60. The van der Waals surface area contributed by atoms with Gasteiger partial charge in [-0.3, -0.25) is 4.79 Å². The molecule has 1 atom stereocenters. The van der Waals surface area contributed by atoms with Crippen LogP contribution in [0.2, 0.25) is 0 Å². The molecular formula is C12H17NO5S. The van der Waals surface area contributed by atoms with Crippen molar-refractivity contribution in [2.75, 3.05) is 0 Å². The topological polar surface area (TPSA) is 95.9 Å². The zero-order valence-corrected chi connectivity index (χ0v) is 11.8. The molecule has 0 bridgehead atoms. The molecule has 1 heterocycles. The quantitative estimate of drug-likeness (QED) is 0.790. The summed E-state index contributed by atoms with van der Waals surface area (Å²) in [4.78, 5) is 22.5. The fraction of sp³-hybridized carbons (Fsp3) is 0.500. The van der Waals surface area contributed by atoms with E-state index in [9.17, 15) is 14.7 Å². The minimum Gasteiger partial charge on any atom is -0.499 e. The van der Waals surface area contributed by atoms with Gasteiger partial charge in [-0.1, -0.05) is 0 Å². The first kappa shape index (κ1) is 15.3. The molecule has 0 aliphatic heterocycles. The van der Waals surface area contributed by atoms with E-state index in [-0.39, 0.29) is 11.5 Å².